The van der Waals surface area contributed by atoms with E-state index in [0.29, 0.717) is 0 Å². The lowest BCUT2D eigenvalue weighted by atomic mass is 10.2. The second-order valence-corrected chi connectivity index (χ2v) is 6.85. The van der Waals surface area contributed by atoms with Crippen molar-refractivity contribution >= 4 is 17.2 Å². The van der Waals surface area contributed by atoms with Crippen LogP contribution in [0.3, 0.4) is 0 Å². The number of nitrogens with one attached hydrogen (secondary N) is 1. The van der Waals surface area contributed by atoms with Crippen LogP contribution in [0.4, 0.5) is 5.82 Å². The molecule has 0 saturated carbocycles. The predicted molar refractivity (Wildman–Crippen MR) is 92.0 cm³/mol. The van der Waals surface area contributed by atoms with E-state index < -0.39 is 0 Å². The predicted octanol–water partition coefficient (Wildman–Crippen LogP) is 2.21. The van der Waals surface area contributed by atoms with Crippen molar-refractivity contribution in [2.24, 2.45) is 0 Å². The van der Waals surface area contributed by atoms with Crippen LogP contribution in [0.15, 0.2) is 11.4 Å². The largest absolute Gasteiger partial charge is 0.370 e. The maximum absolute atomic E-state index is 5.85. The number of morpholine rings is 1. The van der Waals surface area contributed by atoms with E-state index in [-0.39, 0.29) is 6.10 Å². The molecule has 2 aromatic heterocycles. The van der Waals surface area contributed by atoms with Crippen molar-refractivity contribution in [3.63, 3.8) is 0 Å². The average molecular weight is 333 g/mol. The van der Waals surface area contributed by atoms with Crippen molar-refractivity contribution in [1.29, 1.82) is 0 Å². The van der Waals surface area contributed by atoms with Gasteiger partial charge in [0.15, 0.2) is 0 Å². The van der Waals surface area contributed by atoms with Gasteiger partial charge in [-0.3, -0.25) is 0 Å². The molecule has 1 fully saturated rings. The van der Waals surface area contributed by atoms with Crippen LogP contribution in [-0.4, -0.2) is 53.1 Å². The quantitative estimate of drug-likeness (QED) is 0.905. The number of likely N-dealkylation sites (N-methyl/N-ethyl adjacent to an activating group) is 1. The highest BCUT2D eigenvalue weighted by molar-refractivity contribution is 7.09. The van der Waals surface area contributed by atoms with Gasteiger partial charge in [0.2, 0.25) is 0 Å². The first-order valence-electron chi connectivity index (χ1n) is 7.91. The van der Waals surface area contributed by atoms with Gasteiger partial charge in [0.25, 0.3) is 0 Å². The first kappa shape index (κ1) is 16.3. The van der Waals surface area contributed by atoms with Crippen molar-refractivity contribution in [1.82, 2.24) is 19.9 Å². The van der Waals surface area contributed by atoms with Crippen molar-refractivity contribution in [3.05, 3.63) is 33.7 Å². The van der Waals surface area contributed by atoms with Crippen LogP contribution in [0.2, 0.25) is 0 Å². The summed E-state index contributed by atoms with van der Waals surface area (Å²) in [5.41, 5.74) is 2.04. The summed E-state index contributed by atoms with van der Waals surface area (Å²) in [5, 5.41) is 6.61. The number of hydrogen-bond acceptors (Lipinski definition) is 7. The van der Waals surface area contributed by atoms with Gasteiger partial charge < -0.3 is 15.0 Å². The van der Waals surface area contributed by atoms with E-state index in [9.17, 15) is 0 Å². The first-order valence-corrected chi connectivity index (χ1v) is 8.79. The van der Waals surface area contributed by atoms with Crippen LogP contribution in [0, 0.1) is 13.8 Å². The SMILES string of the molecule is Cc1csc(CCNc2cc([C@H]3CN(C)CCO3)nc(C)n2)n1. The van der Waals surface area contributed by atoms with Gasteiger partial charge >= 0.3 is 0 Å². The van der Waals surface area contributed by atoms with Gasteiger partial charge in [0.1, 0.15) is 17.7 Å². The summed E-state index contributed by atoms with van der Waals surface area (Å²) in [7, 11) is 2.11. The highest BCUT2D eigenvalue weighted by Gasteiger charge is 2.21. The number of thiazole rings is 1. The number of aromatic nitrogens is 3. The fraction of sp³-hybridized carbons (Fsp3) is 0.562. The normalized spacial score (nSPS) is 19.0. The Morgan fingerprint density at radius 2 is 2.22 bits per heavy atom. The highest BCUT2D eigenvalue weighted by Crippen LogP contribution is 2.22. The van der Waals surface area contributed by atoms with Gasteiger partial charge in [0, 0.05) is 43.2 Å². The Kier molecular flexibility index (Phi) is 5.20. The monoisotopic (exact) mass is 333 g/mol. The Balaban J connectivity index is 1.63. The van der Waals surface area contributed by atoms with E-state index in [1.165, 1.54) is 0 Å². The molecule has 0 unspecified atom stereocenters. The molecular formula is C16H23N5OS. The van der Waals surface area contributed by atoms with E-state index >= 15 is 0 Å². The molecule has 1 aliphatic rings. The number of anilines is 1. The molecule has 1 aliphatic heterocycles. The third-order valence-electron chi connectivity index (χ3n) is 3.77. The van der Waals surface area contributed by atoms with Gasteiger partial charge in [0.05, 0.1) is 17.3 Å². The summed E-state index contributed by atoms with van der Waals surface area (Å²) >= 11 is 1.70. The lowest BCUT2D eigenvalue weighted by molar-refractivity contribution is -0.0232. The molecular weight excluding hydrogens is 310 g/mol. The van der Waals surface area contributed by atoms with Crippen LogP contribution in [0.1, 0.15) is 28.3 Å². The molecule has 0 radical (unpaired) electrons. The van der Waals surface area contributed by atoms with Crippen LogP contribution < -0.4 is 5.32 Å². The van der Waals surface area contributed by atoms with Gasteiger partial charge in [-0.2, -0.15) is 0 Å². The third kappa shape index (κ3) is 4.46. The maximum atomic E-state index is 5.85. The Hall–Kier alpha value is -1.57. The molecule has 0 amide bonds. The Morgan fingerprint density at radius 1 is 1.35 bits per heavy atom. The Morgan fingerprint density at radius 3 is 2.96 bits per heavy atom. The van der Waals surface area contributed by atoms with Gasteiger partial charge in [-0.05, 0) is 20.9 Å². The zero-order valence-corrected chi connectivity index (χ0v) is 14.7. The van der Waals surface area contributed by atoms with Crippen LogP contribution in [0.5, 0.6) is 0 Å². The van der Waals surface area contributed by atoms with Gasteiger partial charge in [-0.1, -0.05) is 0 Å². The molecule has 3 rings (SSSR count). The minimum absolute atomic E-state index is 0.0256. The van der Waals surface area contributed by atoms with Crippen molar-refractivity contribution in [2.75, 3.05) is 38.6 Å². The summed E-state index contributed by atoms with van der Waals surface area (Å²) in [6.45, 7) is 7.35. The number of nitrogens with zero attached hydrogens (tertiary/aromatic N) is 4. The van der Waals surface area contributed by atoms with Gasteiger partial charge in [-0.15, -0.1) is 11.3 Å². The molecule has 0 bridgehead atoms. The molecule has 3 heterocycles. The molecule has 124 valence electrons. The lowest BCUT2D eigenvalue weighted by Gasteiger charge is -2.29. The number of rotatable bonds is 5. The fourth-order valence-corrected chi connectivity index (χ4v) is 3.39. The third-order valence-corrected chi connectivity index (χ3v) is 4.80. The number of hydrogen-bond donors (Lipinski definition) is 1. The number of ether oxygens (including phenoxy) is 1. The van der Waals surface area contributed by atoms with Crippen molar-refractivity contribution in [3.8, 4) is 0 Å². The highest BCUT2D eigenvalue weighted by atomic mass is 32.1. The van der Waals surface area contributed by atoms with Crippen LogP contribution >= 0.6 is 11.3 Å². The van der Waals surface area contributed by atoms with E-state index in [0.717, 1.165) is 60.7 Å². The second-order valence-electron chi connectivity index (χ2n) is 5.91. The van der Waals surface area contributed by atoms with Crippen molar-refractivity contribution in [2.45, 2.75) is 26.4 Å². The molecule has 1 N–H and O–H groups in total. The zero-order chi connectivity index (χ0) is 16.2. The standard InChI is InChI=1S/C16H23N5OS/c1-11-10-23-16(18-11)4-5-17-15-8-13(19-12(2)20-15)14-9-21(3)6-7-22-14/h8,10,14H,4-7,9H2,1-3H3,(H,17,19,20)/t14-/m1/s1. The summed E-state index contributed by atoms with van der Waals surface area (Å²) < 4.78 is 5.85. The molecule has 0 aliphatic carbocycles. The Labute approximate surface area is 140 Å². The van der Waals surface area contributed by atoms with E-state index in [1.54, 1.807) is 11.3 Å². The molecule has 23 heavy (non-hydrogen) atoms. The zero-order valence-electron chi connectivity index (χ0n) is 13.9. The fourth-order valence-electron chi connectivity index (χ4n) is 2.62. The summed E-state index contributed by atoms with van der Waals surface area (Å²) in [5.74, 6) is 1.63. The minimum atomic E-state index is 0.0256. The molecule has 7 heteroatoms. The smallest absolute Gasteiger partial charge is 0.130 e. The molecule has 1 saturated heterocycles. The summed E-state index contributed by atoms with van der Waals surface area (Å²) in [6, 6.07) is 2.00. The summed E-state index contributed by atoms with van der Waals surface area (Å²) in [4.78, 5) is 15.8. The number of aryl methyl sites for hydroxylation is 2. The molecule has 6 nitrogen and oxygen atoms in total. The molecule has 0 spiro atoms. The topological polar surface area (TPSA) is 63.2 Å². The first-order chi connectivity index (χ1) is 11.1. The molecule has 0 aromatic carbocycles. The second kappa shape index (κ2) is 7.33. The minimum Gasteiger partial charge on any atom is -0.370 e. The van der Waals surface area contributed by atoms with E-state index in [2.05, 4.69) is 37.6 Å². The molecule has 2 aromatic rings. The average Bonchev–Trinajstić information content (AvgIpc) is 2.92. The van der Waals surface area contributed by atoms with Crippen LogP contribution in [-0.2, 0) is 11.2 Å². The Bertz CT molecular complexity index is 660. The summed E-state index contributed by atoms with van der Waals surface area (Å²) in [6.07, 6.45) is 0.928. The van der Waals surface area contributed by atoms with Crippen LogP contribution in [0.25, 0.3) is 0 Å². The van der Waals surface area contributed by atoms with E-state index in [1.807, 2.05) is 19.9 Å². The van der Waals surface area contributed by atoms with E-state index in [4.69, 9.17) is 4.74 Å². The maximum Gasteiger partial charge on any atom is 0.130 e. The van der Waals surface area contributed by atoms with Crippen molar-refractivity contribution < 1.29 is 4.74 Å². The lowest BCUT2D eigenvalue weighted by Crippen LogP contribution is -2.35. The van der Waals surface area contributed by atoms with Gasteiger partial charge in [-0.25, -0.2) is 15.0 Å². The molecule has 1 atom stereocenters.